The lowest BCUT2D eigenvalue weighted by atomic mass is 9.90. The number of carbonyl (C=O) groups is 5. The van der Waals surface area contributed by atoms with Crippen molar-refractivity contribution in [2.75, 3.05) is 59.3 Å². The number of rotatable bonds is 19. The summed E-state index contributed by atoms with van der Waals surface area (Å²) < 4.78 is 308. The van der Waals surface area contributed by atoms with Crippen molar-refractivity contribution < 1.29 is 150 Å². The van der Waals surface area contributed by atoms with Crippen LogP contribution in [0.15, 0.2) is 176 Å². The van der Waals surface area contributed by atoms with Crippen molar-refractivity contribution in [3.8, 4) is 72.9 Å². The molecule has 2 N–H and O–H groups in total. The van der Waals surface area contributed by atoms with E-state index in [1.165, 1.54) is 78.5 Å². The predicted octanol–water partition coefficient (Wildman–Crippen LogP) is 26.5. The average molecular weight is 2000 g/mol. The molecule has 2 aromatic heterocycles. The number of methoxy groups -OCH3 is 3. The smallest absolute Gasteiger partial charge is 0.416 e. The largest absolute Gasteiger partial charge is 0.496 e. The molecular weight excluding hydrogens is 1910 g/mol. The van der Waals surface area contributed by atoms with Gasteiger partial charge in [0.25, 0.3) is 0 Å². The number of fused-ring (bicyclic) bond motifs is 3. The molecule has 142 heavy (non-hydrogen) atoms. The Hall–Kier alpha value is -14.4. The minimum Gasteiger partial charge on any atom is -0.496 e. The number of hydrogen-bond acceptors (Lipinski definition) is 16. The molecule has 6 aliphatic rings. The lowest BCUT2D eigenvalue weighted by Gasteiger charge is -2.27. The van der Waals surface area contributed by atoms with E-state index in [1.54, 1.807) is 125 Å². The molecular formula is C101H86F20N8O13. The molecule has 6 fully saturated rings. The van der Waals surface area contributed by atoms with Gasteiger partial charge in [0.05, 0.1) is 108 Å². The van der Waals surface area contributed by atoms with E-state index in [9.17, 15) is 122 Å². The number of amides is 3. The topological polar surface area (TPSA) is 236 Å². The van der Waals surface area contributed by atoms with E-state index in [0.29, 0.717) is 144 Å². The fourth-order valence-corrected chi connectivity index (χ4v) is 19.2. The highest BCUT2D eigenvalue weighted by Crippen LogP contribution is 2.57. The third-order valence-corrected chi connectivity index (χ3v) is 25.9. The molecule has 0 unspecified atom stereocenters. The molecule has 9 aromatic carbocycles. The number of ether oxygens (including phenoxy) is 6. The number of aromatic carboxylic acids is 2. The van der Waals surface area contributed by atoms with Gasteiger partial charge in [-0.15, -0.1) is 0 Å². The normalized spacial score (nSPS) is 19.5. The number of aryl methyl sites for hydroxylation is 2. The van der Waals surface area contributed by atoms with Crippen LogP contribution in [0.1, 0.15) is 199 Å². The number of pyridine rings is 1. The highest BCUT2D eigenvalue weighted by Gasteiger charge is 2.56. The molecule has 0 aliphatic carbocycles. The molecule has 11 aromatic rings. The molecule has 0 saturated carbocycles. The van der Waals surface area contributed by atoms with Gasteiger partial charge in [-0.2, -0.15) is 79.0 Å². The van der Waals surface area contributed by atoms with Crippen LogP contribution in [-0.4, -0.2) is 138 Å². The van der Waals surface area contributed by atoms with Crippen LogP contribution in [-0.2, 0) is 51.3 Å². The molecule has 9 atom stereocenters. The molecule has 21 nitrogen and oxygen atoms in total. The quantitative estimate of drug-likeness (QED) is 0.0565. The zero-order valence-corrected chi connectivity index (χ0v) is 76.8. The van der Waals surface area contributed by atoms with Crippen molar-refractivity contribution in [1.82, 2.24) is 29.7 Å². The molecule has 6 saturated heterocycles. The van der Waals surface area contributed by atoms with E-state index in [1.807, 2.05) is 19.9 Å². The minimum absolute atomic E-state index is 0.0119. The first-order valence-electron chi connectivity index (χ1n) is 43.8. The van der Waals surface area contributed by atoms with Gasteiger partial charge in [0.2, 0.25) is 5.95 Å². The van der Waals surface area contributed by atoms with E-state index in [2.05, 4.69) is 9.97 Å². The van der Waals surface area contributed by atoms with E-state index < -0.39 is 178 Å². The monoisotopic (exact) mass is 2000 g/mol. The van der Waals surface area contributed by atoms with Gasteiger partial charge in [0.1, 0.15) is 53.0 Å². The summed E-state index contributed by atoms with van der Waals surface area (Å²) in [5, 5.41) is 18.8. The number of anilines is 2. The standard InChI is InChI=1S/C35H26F7NO5.C35H30F6N4O5.C31H30F7N3O3/c1-17-11-19(32(44)45)3-6-24(17)18-4-10-30(47-2)27(14-18)25-7-5-23(36)16-26(25)28-8-9-29-31(48-33(46)43(28)29)20-12-21(34(37,38)39)15-22(13-20)35(40,41)42;1-17-11-19(31(46)47)5-7-23(17)18-6-10-28(49-4)24(14-18)25-16-42-32(44(2)3)43-29(25)26-8-9-27-30(50-33(48)45(26)27)20-12-21(34(36,37)38)15-22(13-20)35(39,40)41;1-15(2)19-11-21(26(43-5)13-23(19)32)22-14-39-27(40(3)4)12-20(22)24-6-7-25-28(44-29(42)41(24)25)16-8-17(30(33,34)35)10-18(9-16)31(36,37)38/h3-7,10-16,28-29,31H,8-9H2,1-2H3,(H,44,45);5-7,10-16,26-27,30H,8-9H2,1-4H3,(H,46,47);8-15,24-25,28H,6-7H2,1-5H3/t28-,29-,31+;26-,27-,30+;24-,25-,28+/m000/s1. The molecule has 748 valence electrons. The Morgan fingerprint density at radius 3 is 1.11 bits per heavy atom. The van der Waals surface area contributed by atoms with Crippen molar-refractivity contribution in [3.05, 3.63) is 283 Å². The maximum Gasteiger partial charge on any atom is 0.416 e. The van der Waals surface area contributed by atoms with Crippen molar-refractivity contribution >= 4 is 42.0 Å². The molecule has 0 bridgehead atoms. The number of halogens is 20. The summed E-state index contributed by atoms with van der Waals surface area (Å²) in [7, 11) is 11.3. The average Bonchev–Trinajstić information content (AvgIpc) is 1.59. The SMILES string of the molecule is COc1cc(F)c(C(C)C)cc1-c1cnc(N(C)C)cc1[C@@H]1CC[C@H]2[C@@H](c3cc(C(F)(F)F)cc(C(F)(F)F)c3)OC(=O)N12.COc1ccc(-c2ccc(C(=O)O)cc2C)cc1-c1ccc(F)cc1[C@@H]1CC[C@H]2[C@@H](c3cc(C(F)(F)F)cc(C(F)(F)F)c3)OC(=O)N12.COc1ccc(-c2ccc(C(=O)O)cc2C)cc1-c1cnc(N(C)C)nc1[C@@H]1CC[C@H]2[C@@H](c3cc(C(F)(F)F)cc(C(F)(F)F)c3)OC(=O)N12. The highest BCUT2D eigenvalue weighted by molar-refractivity contribution is 5.91. The van der Waals surface area contributed by atoms with E-state index >= 15 is 0 Å². The van der Waals surface area contributed by atoms with Crippen LogP contribution in [0, 0.1) is 25.5 Å². The highest BCUT2D eigenvalue weighted by atomic mass is 19.4. The first kappa shape index (κ1) is 102. The predicted molar refractivity (Wildman–Crippen MR) is 475 cm³/mol. The second kappa shape index (κ2) is 38.5. The third-order valence-electron chi connectivity index (χ3n) is 25.9. The maximum absolute atomic E-state index is 14.9. The van der Waals surface area contributed by atoms with Gasteiger partial charge in [-0.3, -0.25) is 14.7 Å². The van der Waals surface area contributed by atoms with E-state index in [4.69, 9.17) is 33.4 Å². The van der Waals surface area contributed by atoms with Crippen molar-refractivity contribution in [2.24, 2.45) is 0 Å². The minimum atomic E-state index is -5.09. The first-order valence-corrected chi connectivity index (χ1v) is 43.8. The molecule has 8 heterocycles. The Bertz CT molecular complexity index is 6690. The van der Waals surface area contributed by atoms with Gasteiger partial charge < -0.3 is 48.4 Å². The van der Waals surface area contributed by atoms with Crippen molar-refractivity contribution in [1.29, 1.82) is 0 Å². The Morgan fingerprint density at radius 2 is 0.754 bits per heavy atom. The number of hydrogen-bond donors (Lipinski definition) is 2. The van der Waals surface area contributed by atoms with Crippen LogP contribution in [0.2, 0.25) is 0 Å². The fourth-order valence-electron chi connectivity index (χ4n) is 19.2. The number of carboxylic acids is 2. The van der Waals surface area contributed by atoms with E-state index in [0.717, 1.165) is 11.1 Å². The molecule has 41 heteroatoms. The van der Waals surface area contributed by atoms with Crippen molar-refractivity contribution in [2.45, 2.75) is 164 Å². The summed E-state index contributed by atoms with van der Waals surface area (Å²) in [4.78, 5) is 84.2. The molecule has 3 amide bonds. The number of benzene rings is 9. The number of aromatic nitrogens is 3. The van der Waals surface area contributed by atoms with Crippen LogP contribution >= 0.6 is 0 Å². The van der Waals surface area contributed by atoms with Gasteiger partial charge in [-0.05, 0) is 258 Å². The van der Waals surface area contributed by atoms with Gasteiger partial charge in [0.15, 0.2) is 0 Å². The number of carboxylic acid groups (broad SMARTS) is 2. The summed E-state index contributed by atoms with van der Waals surface area (Å²) in [6.45, 7) is 7.21. The second-order valence-corrected chi connectivity index (χ2v) is 35.5. The van der Waals surface area contributed by atoms with Crippen molar-refractivity contribution in [3.63, 3.8) is 0 Å². The van der Waals surface area contributed by atoms with Crippen LogP contribution in [0.25, 0.3) is 55.6 Å². The summed E-state index contributed by atoms with van der Waals surface area (Å²) >= 11 is 0. The number of cyclic esters (lactones) is 3. The number of carbonyl (C=O) groups excluding carboxylic acids is 3. The molecule has 17 rings (SSSR count). The maximum atomic E-state index is 14.9. The molecule has 0 radical (unpaired) electrons. The Kier molecular flexibility index (Phi) is 27.7. The van der Waals surface area contributed by atoms with Crippen LogP contribution in [0.5, 0.6) is 17.2 Å². The number of nitrogens with zero attached hydrogens (tertiary/aromatic N) is 8. The molecule has 0 spiro atoms. The Labute approximate surface area is 797 Å². The summed E-state index contributed by atoms with van der Waals surface area (Å²) in [5.41, 5.74) is -1.01. The van der Waals surface area contributed by atoms with E-state index in [-0.39, 0.29) is 78.7 Å². The van der Waals surface area contributed by atoms with Crippen LogP contribution < -0.4 is 24.0 Å². The summed E-state index contributed by atoms with van der Waals surface area (Å²) in [6, 6.07) is 27.3. The summed E-state index contributed by atoms with van der Waals surface area (Å²) in [6.07, 6.45) is -32.7. The third kappa shape index (κ3) is 20.3. The lowest BCUT2D eigenvalue weighted by molar-refractivity contribution is -0.144. The molecule has 6 aliphatic heterocycles. The number of alkyl halides is 18. The fraction of sp³-hybridized carbons (Fsp3) is 0.327. The van der Waals surface area contributed by atoms with Gasteiger partial charge in [0, 0.05) is 74.5 Å². The van der Waals surface area contributed by atoms with Gasteiger partial charge >= 0.3 is 67.3 Å². The lowest BCUT2D eigenvalue weighted by Crippen LogP contribution is -2.31. The Balaban J connectivity index is 0.000000161. The van der Waals surface area contributed by atoms with Gasteiger partial charge in [-0.25, -0.2) is 47.7 Å². The zero-order chi connectivity index (χ0) is 103. The summed E-state index contributed by atoms with van der Waals surface area (Å²) in [5.74, 6) is -1.53. The second-order valence-electron chi connectivity index (χ2n) is 35.5. The first-order chi connectivity index (χ1) is 66.5. The zero-order valence-electron chi connectivity index (χ0n) is 76.8. The van der Waals surface area contributed by atoms with Crippen LogP contribution in [0.4, 0.5) is 114 Å². The van der Waals surface area contributed by atoms with Gasteiger partial charge in [-0.1, -0.05) is 44.2 Å². The van der Waals surface area contributed by atoms with Crippen LogP contribution in [0.3, 0.4) is 0 Å². The Morgan fingerprint density at radius 1 is 0.394 bits per heavy atom.